The maximum absolute atomic E-state index is 13.8. The highest BCUT2D eigenvalue weighted by molar-refractivity contribution is 7.90. The van der Waals surface area contributed by atoms with Crippen molar-refractivity contribution < 1.29 is 17.5 Å². The van der Waals surface area contributed by atoms with Crippen LogP contribution < -0.4 is 10.5 Å². The van der Waals surface area contributed by atoms with Crippen molar-refractivity contribution in [1.82, 2.24) is 0 Å². The first-order chi connectivity index (χ1) is 7.57. The Morgan fingerprint density at radius 2 is 1.88 bits per heavy atom. The van der Waals surface area contributed by atoms with Gasteiger partial charge in [-0.05, 0) is 31.5 Å². The topological polar surface area (TPSA) is 69.4 Å². The number of hydrogen-bond acceptors (Lipinski definition) is 4. The van der Waals surface area contributed by atoms with Gasteiger partial charge in [0, 0.05) is 11.8 Å². The minimum atomic E-state index is -3.68. The van der Waals surface area contributed by atoms with Gasteiger partial charge in [0.15, 0.2) is 9.84 Å². The SMILES string of the molecule is COc1cc(C(C)(C)N)cc(F)c1S(C)(=O)=O. The molecular formula is C11H16FNO3S. The summed E-state index contributed by atoms with van der Waals surface area (Å²) in [6.07, 6.45) is 0.932. The molecule has 0 aliphatic heterocycles. The van der Waals surface area contributed by atoms with Crippen molar-refractivity contribution in [2.24, 2.45) is 5.73 Å². The predicted octanol–water partition coefficient (Wildman–Crippen LogP) is 1.43. The fourth-order valence-corrected chi connectivity index (χ4v) is 2.37. The third kappa shape index (κ3) is 2.95. The summed E-state index contributed by atoms with van der Waals surface area (Å²) >= 11 is 0. The van der Waals surface area contributed by atoms with E-state index in [0.29, 0.717) is 5.56 Å². The molecule has 0 aliphatic rings. The van der Waals surface area contributed by atoms with Crippen molar-refractivity contribution in [3.8, 4) is 5.75 Å². The van der Waals surface area contributed by atoms with Crippen molar-refractivity contribution in [3.63, 3.8) is 0 Å². The molecule has 0 bridgehead atoms. The number of sulfone groups is 1. The molecule has 1 aromatic rings. The monoisotopic (exact) mass is 261 g/mol. The molecule has 1 rings (SSSR count). The highest BCUT2D eigenvalue weighted by Gasteiger charge is 2.24. The van der Waals surface area contributed by atoms with Crippen LogP contribution in [-0.4, -0.2) is 21.8 Å². The fourth-order valence-electron chi connectivity index (χ4n) is 1.45. The van der Waals surface area contributed by atoms with Crippen LogP contribution in [0.15, 0.2) is 17.0 Å². The lowest BCUT2D eigenvalue weighted by atomic mass is 9.95. The van der Waals surface area contributed by atoms with Crippen LogP contribution in [0.3, 0.4) is 0 Å². The normalized spacial score (nSPS) is 12.6. The van der Waals surface area contributed by atoms with E-state index in [1.807, 2.05) is 0 Å². The number of methoxy groups -OCH3 is 1. The Labute approximate surface area is 101 Å². The Hall–Kier alpha value is -1.14. The van der Waals surface area contributed by atoms with Crippen LogP contribution in [0.25, 0.3) is 0 Å². The van der Waals surface area contributed by atoms with Crippen LogP contribution in [0.2, 0.25) is 0 Å². The Morgan fingerprint density at radius 3 is 2.24 bits per heavy atom. The largest absolute Gasteiger partial charge is 0.495 e. The molecule has 6 heteroatoms. The molecule has 0 saturated heterocycles. The average Bonchev–Trinajstić information content (AvgIpc) is 2.12. The van der Waals surface area contributed by atoms with Gasteiger partial charge in [0.2, 0.25) is 0 Å². The summed E-state index contributed by atoms with van der Waals surface area (Å²) in [5, 5.41) is 0. The summed E-state index contributed by atoms with van der Waals surface area (Å²) in [5.41, 5.74) is 5.53. The second-order valence-electron chi connectivity index (χ2n) is 4.48. The van der Waals surface area contributed by atoms with Crippen LogP contribution in [0.4, 0.5) is 4.39 Å². The van der Waals surface area contributed by atoms with Crippen molar-refractivity contribution in [3.05, 3.63) is 23.5 Å². The van der Waals surface area contributed by atoms with Crippen LogP contribution in [-0.2, 0) is 15.4 Å². The molecule has 96 valence electrons. The third-order valence-electron chi connectivity index (χ3n) is 2.34. The number of halogens is 1. The van der Waals surface area contributed by atoms with Gasteiger partial charge in [-0.2, -0.15) is 0 Å². The molecule has 0 heterocycles. The summed E-state index contributed by atoms with van der Waals surface area (Å²) in [4.78, 5) is -0.437. The second kappa shape index (κ2) is 4.27. The molecule has 0 aliphatic carbocycles. The lowest BCUT2D eigenvalue weighted by molar-refractivity contribution is 0.391. The molecule has 0 saturated carbocycles. The molecule has 0 spiro atoms. The lowest BCUT2D eigenvalue weighted by Crippen LogP contribution is -2.29. The minimum absolute atomic E-state index is 0.0268. The van der Waals surface area contributed by atoms with E-state index in [0.717, 1.165) is 12.3 Å². The molecule has 17 heavy (non-hydrogen) atoms. The number of benzene rings is 1. The van der Waals surface area contributed by atoms with E-state index in [1.165, 1.54) is 13.2 Å². The number of nitrogens with two attached hydrogens (primary N) is 1. The fraction of sp³-hybridized carbons (Fsp3) is 0.455. The molecule has 0 unspecified atom stereocenters. The van der Waals surface area contributed by atoms with E-state index >= 15 is 0 Å². The molecular weight excluding hydrogens is 245 g/mol. The maximum atomic E-state index is 13.8. The van der Waals surface area contributed by atoms with Crippen molar-refractivity contribution in [2.45, 2.75) is 24.3 Å². The number of hydrogen-bond donors (Lipinski definition) is 1. The van der Waals surface area contributed by atoms with Crippen LogP contribution in [0.5, 0.6) is 5.75 Å². The van der Waals surface area contributed by atoms with Gasteiger partial charge in [-0.1, -0.05) is 0 Å². The summed E-state index contributed by atoms with van der Waals surface area (Å²) < 4.78 is 41.6. The van der Waals surface area contributed by atoms with Crippen molar-refractivity contribution in [2.75, 3.05) is 13.4 Å². The van der Waals surface area contributed by atoms with E-state index in [2.05, 4.69) is 0 Å². The van der Waals surface area contributed by atoms with Crippen molar-refractivity contribution >= 4 is 9.84 Å². The summed E-state index contributed by atoms with van der Waals surface area (Å²) in [6.45, 7) is 3.39. The second-order valence-corrected chi connectivity index (χ2v) is 6.44. The smallest absolute Gasteiger partial charge is 0.182 e. The van der Waals surface area contributed by atoms with Crippen molar-refractivity contribution in [1.29, 1.82) is 0 Å². The molecule has 0 radical (unpaired) electrons. The average molecular weight is 261 g/mol. The highest BCUT2D eigenvalue weighted by Crippen LogP contribution is 2.31. The standard InChI is InChI=1S/C11H16FNO3S/c1-11(2,13)7-5-8(12)10(17(4,14)15)9(6-7)16-3/h5-6H,13H2,1-4H3. The van der Waals surface area contributed by atoms with E-state index in [4.69, 9.17) is 10.5 Å². The number of rotatable bonds is 3. The zero-order valence-corrected chi connectivity index (χ0v) is 11.1. The zero-order valence-electron chi connectivity index (χ0n) is 10.2. The summed E-state index contributed by atoms with van der Waals surface area (Å²) in [7, 11) is -2.39. The predicted molar refractivity (Wildman–Crippen MR) is 63.3 cm³/mol. The lowest BCUT2D eigenvalue weighted by Gasteiger charge is -2.21. The van der Waals surface area contributed by atoms with Crippen LogP contribution >= 0.6 is 0 Å². The van der Waals surface area contributed by atoms with Gasteiger partial charge in [-0.15, -0.1) is 0 Å². The first-order valence-corrected chi connectivity index (χ1v) is 6.83. The van der Waals surface area contributed by atoms with E-state index in [-0.39, 0.29) is 5.75 Å². The molecule has 0 aromatic heterocycles. The van der Waals surface area contributed by atoms with E-state index in [9.17, 15) is 12.8 Å². The van der Waals surface area contributed by atoms with E-state index < -0.39 is 26.1 Å². The molecule has 0 fully saturated rings. The first-order valence-electron chi connectivity index (χ1n) is 4.94. The molecule has 2 N–H and O–H groups in total. The minimum Gasteiger partial charge on any atom is -0.495 e. The molecule has 0 amide bonds. The summed E-state index contributed by atoms with van der Waals surface area (Å²) in [6, 6.07) is 2.57. The molecule has 4 nitrogen and oxygen atoms in total. The Bertz CT molecular complexity index is 532. The van der Waals surface area contributed by atoms with Gasteiger partial charge in [-0.3, -0.25) is 0 Å². The van der Waals surface area contributed by atoms with Gasteiger partial charge >= 0.3 is 0 Å². The summed E-state index contributed by atoms with van der Waals surface area (Å²) in [5.74, 6) is -0.874. The third-order valence-corrected chi connectivity index (χ3v) is 3.48. The van der Waals surface area contributed by atoms with Crippen LogP contribution in [0, 0.1) is 5.82 Å². The quantitative estimate of drug-likeness (QED) is 0.893. The maximum Gasteiger partial charge on any atom is 0.182 e. The number of ether oxygens (including phenoxy) is 1. The molecule has 1 aromatic carbocycles. The Kier molecular flexibility index (Phi) is 3.50. The Balaban J connectivity index is 3.59. The molecule has 0 atom stereocenters. The van der Waals surface area contributed by atoms with E-state index in [1.54, 1.807) is 13.8 Å². The highest BCUT2D eigenvalue weighted by atomic mass is 32.2. The van der Waals surface area contributed by atoms with Gasteiger partial charge < -0.3 is 10.5 Å². The van der Waals surface area contributed by atoms with Gasteiger partial charge in [0.25, 0.3) is 0 Å². The van der Waals surface area contributed by atoms with Gasteiger partial charge in [0.1, 0.15) is 16.5 Å². The Morgan fingerprint density at radius 1 is 1.35 bits per heavy atom. The zero-order chi connectivity index (χ0) is 13.4. The van der Waals surface area contributed by atoms with Crippen LogP contribution in [0.1, 0.15) is 19.4 Å². The first kappa shape index (κ1) is 13.9. The van der Waals surface area contributed by atoms with Gasteiger partial charge in [0.05, 0.1) is 7.11 Å². The van der Waals surface area contributed by atoms with Gasteiger partial charge in [-0.25, -0.2) is 12.8 Å².